The molecule has 1 spiro atoms. The SMILES string of the molecule is CC(F)(F)CC(NC(=O)N1CCC2(CC1)NC(=O)NC2=O)C(=O)NC1(C#N)CC1. The van der Waals surface area contributed by atoms with Crippen molar-refractivity contribution in [1.82, 2.24) is 26.2 Å². The molecule has 0 bridgehead atoms. The predicted octanol–water partition coefficient (Wildman–Crippen LogP) is -0.0437. The van der Waals surface area contributed by atoms with Crippen LogP contribution in [0.3, 0.4) is 0 Å². The van der Waals surface area contributed by atoms with Crippen molar-refractivity contribution >= 4 is 23.9 Å². The van der Waals surface area contributed by atoms with Crippen molar-refractivity contribution in [2.24, 2.45) is 0 Å². The molecule has 0 aromatic carbocycles. The van der Waals surface area contributed by atoms with Crippen LogP contribution in [-0.4, -0.2) is 64.9 Å². The molecule has 3 rings (SSSR count). The Morgan fingerprint density at radius 3 is 2.34 bits per heavy atom. The molecule has 6 amide bonds. The van der Waals surface area contributed by atoms with Gasteiger partial charge in [-0.1, -0.05) is 0 Å². The molecule has 0 radical (unpaired) electrons. The lowest BCUT2D eigenvalue weighted by atomic mass is 9.88. The van der Waals surface area contributed by atoms with Crippen molar-refractivity contribution in [2.45, 2.75) is 62.1 Å². The number of alkyl halides is 2. The minimum absolute atomic E-state index is 0.0958. The largest absolute Gasteiger partial charge is 0.336 e. The quantitative estimate of drug-likeness (QED) is 0.469. The zero-order valence-electron chi connectivity index (χ0n) is 15.8. The fourth-order valence-corrected chi connectivity index (χ4v) is 3.49. The molecule has 2 saturated heterocycles. The highest BCUT2D eigenvalue weighted by molar-refractivity contribution is 6.07. The van der Waals surface area contributed by atoms with Gasteiger partial charge in [0.2, 0.25) is 11.8 Å². The molecule has 10 nitrogen and oxygen atoms in total. The minimum Gasteiger partial charge on any atom is -0.336 e. The monoisotopic (exact) mass is 412 g/mol. The summed E-state index contributed by atoms with van der Waals surface area (Å²) in [7, 11) is 0. The second-order valence-electron chi connectivity index (χ2n) is 7.94. The van der Waals surface area contributed by atoms with Crippen LogP contribution in [0.5, 0.6) is 0 Å². The normalized spacial score (nSPS) is 22.9. The number of halogens is 2. The standard InChI is InChI=1S/C17H22F2N6O4/c1-15(18,19)8-10(11(26)23-16(9-20)2-3-16)21-14(29)25-6-4-17(5-7-25)12(27)22-13(28)24-17/h10H,2-8H2,1H3,(H,21,29)(H,23,26)(H2,22,24,27,28). The highest BCUT2D eigenvalue weighted by atomic mass is 19.3. The van der Waals surface area contributed by atoms with Crippen LogP contribution >= 0.6 is 0 Å². The van der Waals surface area contributed by atoms with Gasteiger partial charge in [-0.2, -0.15) is 5.26 Å². The van der Waals surface area contributed by atoms with Crippen LogP contribution < -0.4 is 21.3 Å². The number of amides is 6. The van der Waals surface area contributed by atoms with E-state index in [-0.39, 0.29) is 25.9 Å². The zero-order chi connectivity index (χ0) is 21.4. The molecule has 1 atom stereocenters. The lowest BCUT2D eigenvalue weighted by Crippen LogP contribution is -2.59. The summed E-state index contributed by atoms with van der Waals surface area (Å²) in [6.45, 7) is 0.833. The van der Waals surface area contributed by atoms with Gasteiger partial charge in [-0.15, -0.1) is 0 Å². The number of carbonyl (C=O) groups is 4. The fraction of sp³-hybridized carbons (Fsp3) is 0.706. The molecule has 1 aliphatic carbocycles. The van der Waals surface area contributed by atoms with E-state index in [1.54, 1.807) is 0 Å². The number of imide groups is 1. The van der Waals surface area contributed by atoms with Crippen molar-refractivity contribution in [3.05, 3.63) is 0 Å². The molecular formula is C17H22F2N6O4. The van der Waals surface area contributed by atoms with Gasteiger partial charge in [0.15, 0.2) is 0 Å². The average Bonchev–Trinajstić information content (AvgIpc) is 3.34. The molecule has 0 aromatic rings. The lowest BCUT2D eigenvalue weighted by Gasteiger charge is -2.37. The third-order valence-corrected chi connectivity index (χ3v) is 5.42. The molecule has 158 valence electrons. The maximum Gasteiger partial charge on any atom is 0.322 e. The first-order chi connectivity index (χ1) is 13.5. The van der Waals surface area contributed by atoms with Crippen molar-refractivity contribution < 1.29 is 28.0 Å². The first-order valence-electron chi connectivity index (χ1n) is 9.28. The number of likely N-dealkylation sites (tertiary alicyclic amines) is 1. The number of piperidine rings is 1. The highest BCUT2D eigenvalue weighted by Gasteiger charge is 2.49. The van der Waals surface area contributed by atoms with E-state index in [4.69, 9.17) is 5.26 Å². The molecule has 4 N–H and O–H groups in total. The Morgan fingerprint density at radius 2 is 1.90 bits per heavy atom. The van der Waals surface area contributed by atoms with Gasteiger partial charge < -0.3 is 20.9 Å². The van der Waals surface area contributed by atoms with Crippen LogP contribution in [-0.2, 0) is 9.59 Å². The van der Waals surface area contributed by atoms with Gasteiger partial charge in [0.05, 0.1) is 6.07 Å². The maximum atomic E-state index is 13.5. The number of urea groups is 2. The van der Waals surface area contributed by atoms with E-state index in [1.807, 2.05) is 6.07 Å². The summed E-state index contributed by atoms with van der Waals surface area (Å²) in [6.07, 6.45) is 0.274. The number of nitrogens with one attached hydrogen (secondary N) is 4. The van der Waals surface area contributed by atoms with Gasteiger partial charge in [0, 0.05) is 19.5 Å². The zero-order valence-corrected chi connectivity index (χ0v) is 15.8. The van der Waals surface area contributed by atoms with Gasteiger partial charge >= 0.3 is 12.1 Å². The summed E-state index contributed by atoms with van der Waals surface area (Å²) in [5.41, 5.74) is -2.12. The van der Waals surface area contributed by atoms with Gasteiger partial charge in [0.25, 0.3) is 5.91 Å². The third kappa shape index (κ3) is 4.55. The minimum atomic E-state index is -3.21. The van der Waals surface area contributed by atoms with Crippen molar-refractivity contribution in [2.75, 3.05) is 13.1 Å². The fourth-order valence-electron chi connectivity index (χ4n) is 3.49. The summed E-state index contributed by atoms with van der Waals surface area (Å²) in [5.74, 6) is -4.51. The summed E-state index contributed by atoms with van der Waals surface area (Å²) < 4.78 is 27.1. The molecular weight excluding hydrogens is 390 g/mol. The molecule has 1 saturated carbocycles. The van der Waals surface area contributed by atoms with Crippen LogP contribution in [0.15, 0.2) is 0 Å². The second kappa shape index (κ2) is 7.13. The number of carbonyl (C=O) groups excluding carboxylic acids is 4. The molecule has 3 aliphatic rings. The second-order valence-corrected chi connectivity index (χ2v) is 7.94. The van der Waals surface area contributed by atoms with Gasteiger partial charge in [0.1, 0.15) is 17.1 Å². The number of rotatable bonds is 5. The molecule has 1 unspecified atom stereocenters. The topological polar surface area (TPSA) is 143 Å². The van der Waals surface area contributed by atoms with E-state index in [0.717, 1.165) is 0 Å². The summed E-state index contributed by atoms with van der Waals surface area (Å²) in [6, 6.07) is -0.899. The predicted molar refractivity (Wildman–Crippen MR) is 93.5 cm³/mol. The number of hydrogen-bond acceptors (Lipinski definition) is 5. The lowest BCUT2D eigenvalue weighted by molar-refractivity contribution is -0.126. The highest BCUT2D eigenvalue weighted by Crippen LogP contribution is 2.34. The smallest absolute Gasteiger partial charge is 0.322 e. The Bertz CT molecular complexity index is 778. The molecule has 2 aliphatic heterocycles. The van der Waals surface area contributed by atoms with Crippen LogP contribution in [0.2, 0.25) is 0 Å². The Kier molecular flexibility index (Phi) is 5.10. The van der Waals surface area contributed by atoms with Crippen LogP contribution in [0.4, 0.5) is 18.4 Å². The van der Waals surface area contributed by atoms with Crippen molar-refractivity contribution in [3.8, 4) is 6.07 Å². The number of nitriles is 1. The van der Waals surface area contributed by atoms with E-state index in [1.165, 1.54) is 4.90 Å². The van der Waals surface area contributed by atoms with Gasteiger partial charge in [-0.05, 0) is 32.6 Å². The third-order valence-electron chi connectivity index (χ3n) is 5.42. The first kappa shape index (κ1) is 20.8. The van der Waals surface area contributed by atoms with Crippen molar-refractivity contribution in [1.29, 1.82) is 5.26 Å². The van der Waals surface area contributed by atoms with E-state index in [0.29, 0.717) is 19.8 Å². The van der Waals surface area contributed by atoms with E-state index in [9.17, 15) is 28.0 Å². The van der Waals surface area contributed by atoms with E-state index >= 15 is 0 Å². The Labute approximate surface area is 165 Å². The maximum absolute atomic E-state index is 13.5. The van der Waals surface area contributed by atoms with Gasteiger partial charge in [-0.3, -0.25) is 14.9 Å². The summed E-state index contributed by atoms with van der Waals surface area (Å²) in [5, 5.41) is 18.5. The van der Waals surface area contributed by atoms with Crippen LogP contribution in [0.1, 0.15) is 39.0 Å². The average molecular weight is 412 g/mol. The molecule has 29 heavy (non-hydrogen) atoms. The van der Waals surface area contributed by atoms with E-state index < -0.39 is 53.3 Å². The summed E-state index contributed by atoms with van der Waals surface area (Å²) in [4.78, 5) is 49.6. The van der Waals surface area contributed by atoms with Crippen LogP contribution in [0.25, 0.3) is 0 Å². The number of nitrogens with zero attached hydrogens (tertiary/aromatic N) is 2. The Balaban J connectivity index is 1.61. The Morgan fingerprint density at radius 1 is 1.28 bits per heavy atom. The molecule has 3 fully saturated rings. The Hall–Kier alpha value is -2.97. The molecule has 2 heterocycles. The summed E-state index contributed by atoms with van der Waals surface area (Å²) >= 11 is 0. The van der Waals surface area contributed by atoms with Crippen LogP contribution in [0, 0.1) is 11.3 Å². The number of hydrogen-bond donors (Lipinski definition) is 4. The molecule has 0 aromatic heterocycles. The first-order valence-corrected chi connectivity index (χ1v) is 9.28. The molecule has 12 heteroatoms. The van der Waals surface area contributed by atoms with Gasteiger partial charge in [-0.25, -0.2) is 18.4 Å². The van der Waals surface area contributed by atoms with Crippen molar-refractivity contribution in [3.63, 3.8) is 0 Å². The van der Waals surface area contributed by atoms with E-state index in [2.05, 4.69) is 21.3 Å².